The van der Waals surface area contributed by atoms with Gasteiger partial charge in [0.25, 0.3) is 0 Å². The molecule has 9 heavy (non-hydrogen) atoms. The van der Waals surface area contributed by atoms with Gasteiger partial charge >= 0.3 is 5.97 Å². The van der Waals surface area contributed by atoms with Crippen LogP contribution < -0.4 is 5.73 Å². The van der Waals surface area contributed by atoms with Crippen LogP contribution in [0.25, 0.3) is 0 Å². The van der Waals surface area contributed by atoms with Gasteiger partial charge in [-0.05, 0) is 12.8 Å². The van der Waals surface area contributed by atoms with Crippen LogP contribution in [0.2, 0.25) is 0 Å². The van der Waals surface area contributed by atoms with Gasteiger partial charge in [-0.2, -0.15) is 0 Å². The quantitative estimate of drug-likeness (QED) is 0.511. The number of carbonyl (C=O) groups is 1. The Morgan fingerprint density at radius 2 is 2.44 bits per heavy atom. The Bertz CT molecular complexity index is 150. The van der Waals surface area contributed by atoms with E-state index in [0.29, 0.717) is 6.42 Å². The maximum Gasteiger partial charge on any atom is 0.324 e. The number of halogens is 1. The van der Waals surface area contributed by atoms with E-state index in [1.807, 2.05) is 0 Å². The minimum absolute atomic E-state index is 0.118. The van der Waals surface area contributed by atoms with Crippen molar-refractivity contribution in [2.45, 2.75) is 22.3 Å². The highest BCUT2D eigenvalue weighted by molar-refractivity contribution is 14.1. The summed E-state index contributed by atoms with van der Waals surface area (Å²) in [5.41, 5.74) is 4.57. The zero-order valence-corrected chi connectivity index (χ0v) is 6.96. The summed E-state index contributed by atoms with van der Waals surface area (Å²) >= 11 is 2.08. The van der Waals surface area contributed by atoms with Gasteiger partial charge in [-0.25, -0.2) is 0 Å². The molecule has 52 valence electrons. The Kier molecular flexibility index (Phi) is 1.69. The Hall–Kier alpha value is 0.160. The normalized spacial score (nSPS) is 41.8. The zero-order valence-electron chi connectivity index (χ0n) is 4.80. The van der Waals surface area contributed by atoms with E-state index < -0.39 is 11.5 Å². The molecule has 1 fully saturated rings. The average molecular weight is 237 g/mol. The average Bonchev–Trinajstić information content (AvgIpc) is 1.82. The summed E-state index contributed by atoms with van der Waals surface area (Å²) in [7, 11) is 0. The van der Waals surface area contributed by atoms with Crippen molar-refractivity contribution < 1.29 is 9.90 Å². The van der Waals surface area contributed by atoms with Crippen molar-refractivity contribution >= 4 is 28.6 Å². The molecule has 0 aliphatic heterocycles. The molecule has 0 aromatic heterocycles. The minimum atomic E-state index is -0.916. The summed E-state index contributed by atoms with van der Waals surface area (Å²) in [5, 5.41) is 8.53. The summed E-state index contributed by atoms with van der Waals surface area (Å²) in [4.78, 5) is 10.4. The molecule has 0 amide bonds. The minimum Gasteiger partial charge on any atom is -0.480 e. The first-order valence-electron chi connectivity index (χ1n) is 2.74. The van der Waals surface area contributed by atoms with Crippen molar-refractivity contribution in [3.8, 4) is 0 Å². The lowest BCUT2D eigenvalue weighted by molar-refractivity contribution is -0.145. The molecular weight excluding hydrogens is 229 g/mol. The maximum absolute atomic E-state index is 10.4. The van der Waals surface area contributed by atoms with Gasteiger partial charge in [0, 0.05) is 3.92 Å². The standard InChI is InChI=1S/C5H8INO2/c6-3-1-2-5(3,7)4(8)9/h3H,1-2,7H2,(H,8,9)/i6-4. The van der Waals surface area contributed by atoms with Gasteiger partial charge in [-0.15, -0.1) is 0 Å². The van der Waals surface area contributed by atoms with Crippen LogP contribution in [-0.4, -0.2) is 20.5 Å². The summed E-state index contributed by atoms with van der Waals surface area (Å²) in [6.07, 6.45) is 1.55. The highest BCUT2D eigenvalue weighted by atomic mass is 123. The van der Waals surface area contributed by atoms with Crippen molar-refractivity contribution in [1.82, 2.24) is 0 Å². The predicted molar refractivity (Wildman–Crippen MR) is 41.6 cm³/mol. The van der Waals surface area contributed by atoms with Crippen LogP contribution in [0.15, 0.2) is 0 Å². The number of hydrogen-bond acceptors (Lipinski definition) is 2. The molecule has 0 aromatic rings. The molecule has 0 saturated heterocycles. The summed E-state index contributed by atoms with van der Waals surface area (Å²) in [6.45, 7) is 0. The van der Waals surface area contributed by atoms with E-state index in [9.17, 15) is 4.79 Å². The summed E-state index contributed by atoms with van der Waals surface area (Å²) in [6, 6.07) is 0. The number of hydrogen-bond donors (Lipinski definition) is 2. The second kappa shape index (κ2) is 2.09. The van der Waals surface area contributed by atoms with Crippen LogP contribution in [-0.2, 0) is 4.79 Å². The molecule has 0 heterocycles. The highest BCUT2D eigenvalue weighted by Crippen LogP contribution is 2.36. The van der Waals surface area contributed by atoms with Crippen LogP contribution in [0, 0.1) is 0 Å². The van der Waals surface area contributed by atoms with E-state index in [1.165, 1.54) is 0 Å². The fourth-order valence-electron chi connectivity index (χ4n) is 0.805. The van der Waals surface area contributed by atoms with Crippen molar-refractivity contribution in [2.75, 3.05) is 0 Å². The van der Waals surface area contributed by atoms with E-state index in [1.54, 1.807) is 0 Å². The summed E-state index contributed by atoms with van der Waals surface area (Å²) < 4.78 is 0.118. The molecule has 0 spiro atoms. The van der Waals surface area contributed by atoms with Crippen LogP contribution >= 0.6 is 22.6 Å². The Morgan fingerprint density at radius 1 is 1.89 bits per heavy atom. The lowest BCUT2D eigenvalue weighted by Gasteiger charge is -2.39. The van der Waals surface area contributed by atoms with E-state index in [-0.39, 0.29) is 3.92 Å². The molecule has 0 aromatic carbocycles. The van der Waals surface area contributed by atoms with Gasteiger partial charge in [-0.3, -0.25) is 4.79 Å². The van der Waals surface area contributed by atoms with E-state index >= 15 is 0 Å². The molecule has 0 bridgehead atoms. The predicted octanol–water partition coefficient (Wildman–Crippen LogP) is 0.366. The molecule has 1 aliphatic rings. The third kappa shape index (κ3) is 0.939. The second-order valence-electron chi connectivity index (χ2n) is 2.35. The molecule has 1 saturated carbocycles. The van der Waals surface area contributed by atoms with Crippen LogP contribution in [0.3, 0.4) is 0 Å². The molecule has 3 N–H and O–H groups in total. The van der Waals surface area contributed by atoms with Gasteiger partial charge in [0.2, 0.25) is 0 Å². The first-order valence-corrected chi connectivity index (χ1v) is 3.98. The van der Waals surface area contributed by atoms with E-state index in [2.05, 4.69) is 22.6 Å². The third-order valence-corrected chi connectivity index (χ3v) is 3.50. The monoisotopic (exact) mass is 237 g/mol. The van der Waals surface area contributed by atoms with E-state index in [0.717, 1.165) is 6.42 Å². The van der Waals surface area contributed by atoms with Crippen molar-refractivity contribution in [1.29, 1.82) is 0 Å². The molecular formula is C5H8INO2. The second-order valence-corrected chi connectivity index (χ2v) is 3.86. The lowest BCUT2D eigenvalue weighted by atomic mass is 9.78. The Labute approximate surface area is 66.8 Å². The number of carboxylic acid groups (broad SMARTS) is 1. The number of rotatable bonds is 1. The number of alkyl halides is 1. The molecule has 1 rings (SSSR count). The van der Waals surface area contributed by atoms with Crippen molar-refractivity contribution in [3.63, 3.8) is 0 Å². The highest BCUT2D eigenvalue weighted by Gasteiger charge is 2.48. The number of carboxylic acids is 1. The van der Waals surface area contributed by atoms with Gasteiger partial charge in [-0.1, -0.05) is 22.6 Å². The number of aliphatic carboxylic acids is 1. The SMILES string of the molecule is NC1(C(=O)O)CCC1[123I]. The number of nitrogens with two attached hydrogens (primary N) is 1. The zero-order chi connectivity index (χ0) is 7.07. The third-order valence-electron chi connectivity index (χ3n) is 1.77. The topological polar surface area (TPSA) is 63.3 Å². The molecule has 0 radical (unpaired) electrons. The Morgan fingerprint density at radius 3 is 2.44 bits per heavy atom. The fraction of sp³-hybridized carbons (Fsp3) is 0.800. The maximum atomic E-state index is 10.4. The van der Waals surface area contributed by atoms with Gasteiger partial charge in [0.15, 0.2) is 0 Å². The fourth-order valence-corrected chi connectivity index (χ4v) is 1.69. The summed E-state index contributed by atoms with van der Waals surface area (Å²) in [5.74, 6) is -0.867. The first-order chi connectivity index (χ1) is 4.07. The first kappa shape index (κ1) is 7.27. The van der Waals surface area contributed by atoms with Crippen molar-refractivity contribution in [3.05, 3.63) is 0 Å². The van der Waals surface area contributed by atoms with E-state index in [4.69, 9.17) is 10.8 Å². The van der Waals surface area contributed by atoms with Crippen LogP contribution in [0.1, 0.15) is 12.8 Å². The molecule has 4 heteroatoms. The van der Waals surface area contributed by atoms with Crippen LogP contribution in [0.5, 0.6) is 0 Å². The molecule has 2 atom stereocenters. The van der Waals surface area contributed by atoms with Gasteiger partial charge in [0.05, 0.1) is 0 Å². The molecule has 1 aliphatic carbocycles. The van der Waals surface area contributed by atoms with Gasteiger partial charge in [0.1, 0.15) is 5.54 Å². The molecule has 2 unspecified atom stereocenters. The largest absolute Gasteiger partial charge is 0.480 e. The molecule has 3 nitrogen and oxygen atoms in total. The smallest absolute Gasteiger partial charge is 0.324 e. The van der Waals surface area contributed by atoms with Gasteiger partial charge < -0.3 is 10.8 Å². The van der Waals surface area contributed by atoms with Crippen molar-refractivity contribution in [2.24, 2.45) is 5.73 Å². The lowest BCUT2D eigenvalue weighted by Crippen LogP contribution is -2.61. The van der Waals surface area contributed by atoms with Crippen LogP contribution in [0.4, 0.5) is 0 Å². The Balaban J connectivity index is 2.64.